The van der Waals surface area contributed by atoms with Crippen molar-refractivity contribution in [3.63, 3.8) is 0 Å². The minimum atomic E-state index is 0.605. The van der Waals surface area contributed by atoms with E-state index in [1.165, 1.54) is 0 Å². The summed E-state index contributed by atoms with van der Waals surface area (Å²) in [6.45, 7) is 0. The van der Waals surface area contributed by atoms with Crippen LogP contribution in [0.2, 0.25) is 5.15 Å². The number of hydrogen-bond acceptors (Lipinski definition) is 3. The highest BCUT2D eigenvalue weighted by Gasteiger charge is 2.19. The van der Waals surface area contributed by atoms with Gasteiger partial charge in [-0.3, -0.25) is 0 Å². The van der Waals surface area contributed by atoms with Crippen LogP contribution in [-0.2, 0) is 6.42 Å². The molecule has 3 rings (SSSR count). The molecule has 0 saturated heterocycles. The summed E-state index contributed by atoms with van der Waals surface area (Å²) in [7, 11) is 0. The summed E-state index contributed by atoms with van der Waals surface area (Å²) >= 11 is 7.92. The van der Waals surface area contributed by atoms with Gasteiger partial charge in [0.25, 0.3) is 0 Å². The lowest BCUT2D eigenvalue weighted by Gasteiger charge is -2.04. The Kier molecular flexibility index (Phi) is 2.58. The summed E-state index contributed by atoms with van der Waals surface area (Å²) < 4.78 is 0. The smallest absolute Gasteiger partial charge is 0.162 e. The van der Waals surface area contributed by atoms with Gasteiger partial charge in [-0.1, -0.05) is 41.9 Å². The SMILES string of the molecule is Clc1nc(-c2ccccc2)nc2c1CCS2. The number of rotatable bonds is 1. The molecule has 0 atom stereocenters. The minimum Gasteiger partial charge on any atom is -0.221 e. The zero-order valence-corrected chi connectivity index (χ0v) is 10.1. The molecule has 0 saturated carbocycles. The molecule has 0 radical (unpaired) electrons. The summed E-state index contributed by atoms with van der Waals surface area (Å²) in [5.41, 5.74) is 2.12. The van der Waals surface area contributed by atoms with E-state index in [1.54, 1.807) is 11.8 Å². The molecule has 0 N–H and O–H groups in total. The Morgan fingerprint density at radius 2 is 1.94 bits per heavy atom. The summed E-state index contributed by atoms with van der Waals surface area (Å²) in [6, 6.07) is 9.93. The van der Waals surface area contributed by atoms with Crippen molar-refractivity contribution in [2.75, 3.05) is 5.75 Å². The van der Waals surface area contributed by atoms with Crippen LogP contribution in [0.4, 0.5) is 0 Å². The first-order valence-corrected chi connectivity index (χ1v) is 6.45. The molecule has 0 amide bonds. The number of nitrogens with zero attached hydrogens (tertiary/aromatic N) is 2. The maximum atomic E-state index is 6.16. The molecule has 1 aromatic carbocycles. The monoisotopic (exact) mass is 248 g/mol. The van der Waals surface area contributed by atoms with Crippen molar-refractivity contribution in [1.29, 1.82) is 0 Å². The molecular formula is C12H9ClN2S. The van der Waals surface area contributed by atoms with E-state index in [0.717, 1.165) is 34.2 Å². The second-order valence-electron chi connectivity index (χ2n) is 3.59. The van der Waals surface area contributed by atoms with Gasteiger partial charge in [0, 0.05) is 16.9 Å². The molecule has 2 nitrogen and oxygen atoms in total. The Bertz CT molecular complexity index is 528. The van der Waals surface area contributed by atoms with E-state index in [-0.39, 0.29) is 0 Å². The highest BCUT2D eigenvalue weighted by molar-refractivity contribution is 7.99. The lowest BCUT2D eigenvalue weighted by Crippen LogP contribution is -1.95. The van der Waals surface area contributed by atoms with Crippen LogP contribution in [0.1, 0.15) is 5.56 Å². The predicted octanol–water partition coefficient (Wildman–Crippen LogP) is 3.45. The molecule has 1 aromatic heterocycles. The van der Waals surface area contributed by atoms with Crippen molar-refractivity contribution in [2.45, 2.75) is 11.4 Å². The van der Waals surface area contributed by atoms with Crippen molar-refractivity contribution in [2.24, 2.45) is 0 Å². The molecule has 0 bridgehead atoms. The molecule has 1 aliphatic rings. The third-order valence-electron chi connectivity index (χ3n) is 2.54. The quantitative estimate of drug-likeness (QED) is 0.723. The van der Waals surface area contributed by atoms with Gasteiger partial charge in [0.05, 0.1) is 0 Å². The van der Waals surface area contributed by atoms with Gasteiger partial charge in [0.15, 0.2) is 5.82 Å². The maximum Gasteiger partial charge on any atom is 0.162 e. The molecule has 16 heavy (non-hydrogen) atoms. The van der Waals surface area contributed by atoms with Crippen molar-refractivity contribution < 1.29 is 0 Å². The van der Waals surface area contributed by atoms with E-state index in [1.807, 2.05) is 30.3 Å². The number of thioether (sulfide) groups is 1. The average Bonchev–Trinajstić information content (AvgIpc) is 2.79. The van der Waals surface area contributed by atoms with Gasteiger partial charge in [-0.15, -0.1) is 11.8 Å². The fourth-order valence-electron chi connectivity index (χ4n) is 1.73. The van der Waals surface area contributed by atoms with E-state index in [0.29, 0.717) is 5.15 Å². The van der Waals surface area contributed by atoms with Crippen LogP contribution in [0.3, 0.4) is 0 Å². The zero-order chi connectivity index (χ0) is 11.0. The third kappa shape index (κ3) is 1.70. The fraction of sp³-hybridized carbons (Fsp3) is 0.167. The van der Waals surface area contributed by atoms with Crippen LogP contribution in [0.15, 0.2) is 35.4 Å². The van der Waals surface area contributed by atoms with Crippen LogP contribution >= 0.6 is 23.4 Å². The molecule has 4 heteroatoms. The molecule has 80 valence electrons. The normalized spacial score (nSPS) is 13.8. The Balaban J connectivity index is 2.13. The highest BCUT2D eigenvalue weighted by Crippen LogP contribution is 2.34. The second-order valence-corrected chi connectivity index (χ2v) is 5.03. The Labute approximate surface area is 103 Å². The first kappa shape index (κ1) is 10.1. The maximum absolute atomic E-state index is 6.16. The number of halogens is 1. The van der Waals surface area contributed by atoms with Gasteiger partial charge in [0.2, 0.25) is 0 Å². The third-order valence-corrected chi connectivity index (χ3v) is 3.87. The van der Waals surface area contributed by atoms with Gasteiger partial charge in [-0.25, -0.2) is 9.97 Å². The lowest BCUT2D eigenvalue weighted by atomic mass is 10.2. The second kappa shape index (κ2) is 4.07. The molecule has 0 spiro atoms. The molecule has 2 heterocycles. The van der Waals surface area contributed by atoms with Crippen molar-refractivity contribution in [1.82, 2.24) is 9.97 Å². The van der Waals surface area contributed by atoms with Crippen LogP contribution in [0.25, 0.3) is 11.4 Å². The van der Waals surface area contributed by atoms with E-state index < -0.39 is 0 Å². The summed E-state index contributed by atoms with van der Waals surface area (Å²) in [5.74, 6) is 1.78. The minimum absolute atomic E-state index is 0.605. The number of aromatic nitrogens is 2. The van der Waals surface area contributed by atoms with Crippen molar-refractivity contribution in [3.05, 3.63) is 41.0 Å². The van der Waals surface area contributed by atoms with Gasteiger partial charge < -0.3 is 0 Å². The van der Waals surface area contributed by atoms with E-state index in [2.05, 4.69) is 9.97 Å². The first-order chi connectivity index (χ1) is 7.84. The summed E-state index contributed by atoms with van der Waals surface area (Å²) in [4.78, 5) is 8.91. The molecule has 1 aliphatic heterocycles. The number of benzene rings is 1. The topological polar surface area (TPSA) is 25.8 Å². The number of fused-ring (bicyclic) bond motifs is 1. The Hall–Kier alpha value is -1.06. The van der Waals surface area contributed by atoms with Crippen molar-refractivity contribution >= 4 is 23.4 Å². The molecular weight excluding hydrogens is 240 g/mol. The van der Waals surface area contributed by atoms with Gasteiger partial charge in [-0.2, -0.15) is 0 Å². The van der Waals surface area contributed by atoms with E-state index in [4.69, 9.17) is 11.6 Å². The number of hydrogen-bond donors (Lipinski definition) is 0. The van der Waals surface area contributed by atoms with E-state index in [9.17, 15) is 0 Å². The molecule has 0 fully saturated rings. The Morgan fingerprint density at radius 3 is 2.75 bits per heavy atom. The van der Waals surface area contributed by atoms with E-state index >= 15 is 0 Å². The highest BCUT2D eigenvalue weighted by atomic mass is 35.5. The lowest BCUT2D eigenvalue weighted by molar-refractivity contribution is 0.992. The standard InChI is InChI=1S/C12H9ClN2S/c13-10-9-6-7-16-12(9)15-11(14-10)8-4-2-1-3-5-8/h1-5H,6-7H2. The average molecular weight is 249 g/mol. The zero-order valence-electron chi connectivity index (χ0n) is 8.48. The van der Waals surface area contributed by atoms with Crippen molar-refractivity contribution in [3.8, 4) is 11.4 Å². The summed E-state index contributed by atoms with van der Waals surface area (Å²) in [6.07, 6.45) is 0.980. The fourth-order valence-corrected chi connectivity index (χ4v) is 3.08. The predicted molar refractivity (Wildman–Crippen MR) is 66.9 cm³/mol. The molecule has 0 aliphatic carbocycles. The first-order valence-electron chi connectivity index (χ1n) is 5.09. The Morgan fingerprint density at radius 1 is 1.12 bits per heavy atom. The van der Waals surface area contributed by atoms with Crippen LogP contribution in [0.5, 0.6) is 0 Å². The summed E-state index contributed by atoms with van der Waals surface area (Å²) in [5, 5.41) is 1.65. The van der Waals surface area contributed by atoms with Gasteiger partial charge in [-0.05, 0) is 6.42 Å². The molecule has 2 aromatic rings. The van der Waals surface area contributed by atoms with Crippen LogP contribution in [0, 0.1) is 0 Å². The largest absolute Gasteiger partial charge is 0.221 e. The van der Waals surface area contributed by atoms with Crippen LogP contribution in [-0.4, -0.2) is 15.7 Å². The molecule has 0 unspecified atom stereocenters. The van der Waals surface area contributed by atoms with Crippen LogP contribution < -0.4 is 0 Å². The van der Waals surface area contributed by atoms with Gasteiger partial charge >= 0.3 is 0 Å². The van der Waals surface area contributed by atoms with Gasteiger partial charge in [0.1, 0.15) is 10.2 Å².